The molecule has 1 atom stereocenters. The van der Waals surface area contributed by atoms with Crippen molar-refractivity contribution in [3.8, 4) is 0 Å². The molecular weight excluding hydrogens is 210 g/mol. The highest BCUT2D eigenvalue weighted by molar-refractivity contribution is 4.82. The van der Waals surface area contributed by atoms with Crippen LogP contribution >= 0.6 is 0 Å². The minimum absolute atomic E-state index is 0.629. The van der Waals surface area contributed by atoms with Gasteiger partial charge in [-0.1, -0.05) is 26.2 Å². The molecule has 1 saturated heterocycles. The Morgan fingerprint density at radius 3 is 2.35 bits per heavy atom. The number of rotatable bonds is 7. The molecule has 17 heavy (non-hydrogen) atoms. The van der Waals surface area contributed by atoms with Crippen molar-refractivity contribution in [1.29, 1.82) is 0 Å². The first kappa shape index (κ1) is 14.9. The number of unbranched alkanes of at least 4 members (excludes halogenated alkanes) is 2. The van der Waals surface area contributed by atoms with Gasteiger partial charge < -0.3 is 10.6 Å². The first-order valence-corrected chi connectivity index (χ1v) is 7.29. The van der Waals surface area contributed by atoms with Crippen molar-refractivity contribution < 1.29 is 0 Å². The molecule has 0 aromatic carbocycles. The van der Waals surface area contributed by atoms with Gasteiger partial charge in [-0.2, -0.15) is 0 Å². The van der Waals surface area contributed by atoms with E-state index in [4.69, 9.17) is 5.73 Å². The third-order valence-electron chi connectivity index (χ3n) is 4.16. The SMILES string of the molecule is CCCCCC(CN)N1CCC(N(C)C)CC1. The normalized spacial score (nSPS) is 21.0. The van der Waals surface area contributed by atoms with Gasteiger partial charge in [-0.25, -0.2) is 0 Å². The molecule has 0 saturated carbocycles. The Morgan fingerprint density at radius 1 is 1.24 bits per heavy atom. The number of likely N-dealkylation sites (tertiary alicyclic amines) is 1. The summed E-state index contributed by atoms with van der Waals surface area (Å²) in [5.41, 5.74) is 5.93. The molecule has 1 aliphatic rings. The van der Waals surface area contributed by atoms with Crippen LogP contribution in [0.1, 0.15) is 45.4 Å². The molecular formula is C14H31N3. The van der Waals surface area contributed by atoms with E-state index in [9.17, 15) is 0 Å². The molecule has 102 valence electrons. The van der Waals surface area contributed by atoms with Crippen molar-refractivity contribution in [1.82, 2.24) is 9.80 Å². The van der Waals surface area contributed by atoms with Gasteiger partial charge in [0.05, 0.1) is 0 Å². The van der Waals surface area contributed by atoms with Crippen molar-refractivity contribution in [2.24, 2.45) is 5.73 Å². The number of nitrogens with two attached hydrogens (primary N) is 1. The minimum atomic E-state index is 0.629. The van der Waals surface area contributed by atoms with Crippen molar-refractivity contribution >= 4 is 0 Å². The van der Waals surface area contributed by atoms with Gasteiger partial charge in [0, 0.05) is 18.6 Å². The van der Waals surface area contributed by atoms with Gasteiger partial charge in [0.2, 0.25) is 0 Å². The fraction of sp³-hybridized carbons (Fsp3) is 1.00. The third kappa shape index (κ3) is 4.94. The van der Waals surface area contributed by atoms with E-state index in [0.29, 0.717) is 6.04 Å². The molecule has 1 unspecified atom stereocenters. The molecule has 3 heteroatoms. The van der Waals surface area contributed by atoms with Gasteiger partial charge in [-0.15, -0.1) is 0 Å². The van der Waals surface area contributed by atoms with Crippen LogP contribution in [-0.4, -0.2) is 55.6 Å². The Hall–Kier alpha value is -0.120. The van der Waals surface area contributed by atoms with Crippen molar-refractivity contribution in [2.45, 2.75) is 57.5 Å². The predicted octanol–water partition coefficient (Wildman–Crippen LogP) is 1.92. The predicted molar refractivity (Wildman–Crippen MR) is 75.3 cm³/mol. The molecule has 0 aliphatic carbocycles. The van der Waals surface area contributed by atoms with Crippen molar-refractivity contribution in [3.05, 3.63) is 0 Å². The Bertz CT molecular complexity index is 186. The van der Waals surface area contributed by atoms with Crippen LogP contribution in [0.2, 0.25) is 0 Å². The fourth-order valence-electron chi connectivity index (χ4n) is 2.85. The summed E-state index contributed by atoms with van der Waals surface area (Å²) in [4.78, 5) is 4.99. The van der Waals surface area contributed by atoms with Gasteiger partial charge >= 0.3 is 0 Å². The molecule has 1 heterocycles. The second-order valence-electron chi connectivity index (χ2n) is 5.62. The number of hydrogen-bond acceptors (Lipinski definition) is 3. The summed E-state index contributed by atoms with van der Waals surface area (Å²) >= 11 is 0. The summed E-state index contributed by atoms with van der Waals surface area (Å²) in [7, 11) is 4.39. The lowest BCUT2D eigenvalue weighted by Crippen LogP contribution is -2.48. The summed E-state index contributed by atoms with van der Waals surface area (Å²) in [6, 6.07) is 1.41. The minimum Gasteiger partial charge on any atom is -0.329 e. The Balaban J connectivity index is 2.29. The molecule has 1 fully saturated rings. The second-order valence-corrected chi connectivity index (χ2v) is 5.62. The van der Waals surface area contributed by atoms with Crippen molar-refractivity contribution in [2.75, 3.05) is 33.7 Å². The van der Waals surface area contributed by atoms with Crippen LogP contribution < -0.4 is 5.73 Å². The van der Waals surface area contributed by atoms with E-state index in [-0.39, 0.29) is 0 Å². The second kappa shape index (κ2) is 8.06. The monoisotopic (exact) mass is 241 g/mol. The number of hydrogen-bond donors (Lipinski definition) is 1. The molecule has 0 bridgehead atoms. The summed E-state index contributed by atoms with van der Waals surface area (Å²) in [5.74, 6) is 0. The highest BCUT2D eigenvalue weighted by Gasteiger charge is 2.24. The maximum absolute atomic E-state index is 5.93. The van der Waals surface area contributed by atoms with Gasteiger partial charge in [0.15, 0.2) is 0 Å². The lowest BCUT2D eigenvalue weighted by atomic mass is 10.00. The zero-order chi connectivity index (χ0) is 12.7. The third-order valence-corrected chi connectivity index (χ3v) is 4.16. The summed E-state index contributed by atoms with van der Waals surface area (Å²) in [6.07, 6.45) is 7.89. The molecule has 0 spiro atoms. The van der Waals surface area contributed by atoms with Crippen LogP contribution in [0.25, 0.3) is 0 Å². The maximum atomic E-state index is 5.93. The first-order valence-electron chi connectivity index (χ1n) is 7.29. The van der Waals surface area contributed by atoms with Gasteiger partial charge in [-0.3, -0.25) is 4.90 Å². The Kier molecular flexibility index (Phi) is 7.09. The number of piperidine rings is 1. The zero-order valence-corrected chi connectivity index (χ0v) is 12.0. The molecule has 0 aromatic rings. The molecule has 0 radical (unpaired) electrons. The smallest absolute Gasteiger partial charge is 0.0218 e. The van der Waals surface area contributed by atoms with Gasteiger partial charge in [0.25, 0.3) is 0 Å². The lowest BCUT2D eigenvalue weighted by molar-refractivity contribution is 0.105. The molecule has 0 amide bonds. The van der Waals surface area contributed by atoms with E-state index in [1.807, 2.05) is 0 Å². The summed E-state index contributed by atoms with van der Waals surface area (Å²) in [6.45, 7) is 5.56. The number of nitrogens with zero attached hydrogens (tertiary/aromatic N) is 2. The fourth-order valence-corrected chi connectivity index (χ4v) is 2.85. The summed E-state index contributed by atoms with van der Waals surface area (Å²) < 4.78 is 0. The lowest BCUT2D eigenvalue weighted by Gasteiger charge is -2.39. The molecule has 0 aromatic heterocycles. The van der Waals surface area contributed by atoms with Crippen LogP contribution in [0.5, 0.6) is 0 Å². The average molecular weight is 241 g/mol. The van der Waals surface area contributed by atoms with E-state index in [1.165, 1.54) is 51.6 Å². The van der Waals surface area contributed by atoms with Crippen molar-refractivity contribution in [3.63, 3.8) is 0 Å². The van der Waals surface area contributed by atoms with Crippen LogP contribution in [0.4, 0.5) is 0 Å². The standard InChI is InChI=1S/C14H31N3/c1-4-5-6-7-14(12-15)17-10-8-13(9-11-17)16(2)3/h13-14H,4-12,15H2,1-3H3. The van der Waals surface area contributed by atoms with Crippen LogP contribution in [0, 0.1) is 0 Å². The molecule has 3 nitrogen and oxygen atoms in total. The molecule has 1 aliphatic heterocycles. The van der Waals surface area contributed by atoms with Crippen LogP contribution in [0.15, 0.2) is 0 Å². The van der Waals surface area contributed by atoms with Crippen LogP contribution in [-0.2, 0) is 0 Å². The van der Waals surface area contributed by atoms with E-state index < -0.39 is 0 Å². The first-order chi connectivity index (χ1) is 8.19. The van der Waals surface area contributed by atoms with Crippen LogP contribution in [0.3, 0.4) is 0 Å². The topological polar surface area (TPSA) is 32.5 Å². The molecule has 1 rings (SSSR count). The van der Waals surface area contributed by atoms with E-state index in [0.717, 1.165) is 12.6 Å². The summed E-state index contributed by atoms with van der Waals surface area (Å²) in [5, 5.41) is 0. The maximum Gasteiger partial charge on any atom is 0.0218 e. The molecule has 2 N–H and O–H groups in total. The van der Waals surface area contributed by atoms with E-state index >= 15 is 0 Å². The largest absolute Gasteiger partial charge is 0.329 e. The van der Waals surface area contributed by atoms with E-state index in [2.05, 4.69) is 30.8 Å². The highest BCUT2D eigenvalue weighted by Crippen LogP contribution is 2.18. The van der Waals surface area contributed by atoms with E-state index in [1.54, 1.807) is 0 Å². The average Bonchev–Trinajstić information content (AvgIpc) is 2.35. The van der Waals surface area contributed by atoms with Gasteiger partial charge in [-0.05, 0) is 46.4 Å². The van der Waals surface area contributed by atoms with Gasteiger partial charge in [0.1, 0.15) is 0 Å². The quantitative estimate of drug-likeness (QED) is 0.691. The highest BCUT2D eigenvalue weighted by atomic mass is 15.2. The Morgan fingerprint density at radius 2 is 1.88 bits per heavy atom. The Labute approximate surface area is 107 Å². The zero-order valence-electron chi connectivity index (χ0n) is 12.0.